The highest BCUT2D eigenvalue weighted by Crippen LogP contribution is 2.36. The van der Waals surface area contributed by atoms with Crippen LogP contribution in [0.25, 0.3) is 55.3 Å². The van der Waals surface area contributed by atoms with Crippen LogP contribution >= 0.6 is 11.3 Å². The molecule has 10 heteroatoms. The number of H-pyrrole nitrogens is 1. The maximum atomic E-state index is 6.17. The number of nitrogens with zero attached hydrogens (tertiary/aromatic N) is 7. The van der Waals surface area contributed by atoms with Crippen molar-refractivity contribution >= 4 is 33.4 Å². The number of pyridine rings is 3. The lowest BCUT2D eigenvalue weighted by Crippen LogP contribution is -2.29. The monoisotopic (exact) mass is 590 g/mol. The van der Waals surface area contributed by atoms with Crippen LogP contribution in [0, 0.1) is 6.92 Å². The van der Waals surface area contributed by atoms with Crippen molar-refractivity contribution in [2.75, 3.05) is 19.7 Å². The van der Waals surface area contributed by atoms with Crippen LogP contribution in [0.3, 0.4) is 0 Å². The molecule has 1 unspecified atom stereocenters. The average molecular weight is 591 g/mol. The Hall–Kier alpha value is -3.99. The van der Waals surface area contributed by atoms with Gasteiger partial charge >= 0.3 is 0 Å². The number of rotatable bonds is 6. The van der Waals surface area contributed by atoms with Crippen LogP contribution in [0.15, 0.2) is 55.1 Å². The molecule has 2 aliphatic heterocycles. The number of imidazole rings is 1. The lowest BCUT2D eigenvalue weighted by molar-refractivity contribution is -0.0368. The summed E-state index contributed by atoms with van der Waals surface area (Å²) < 4.78 is 8.12. The van der Waals surface area contributed by atoms with Crippen molar-refractivity contribution in [1.29, 1.82) is 0 Å². The van der Waals surface area contributed by atoms with Gasteiger partial charge < -0.3 is 9.72 Å². The quantitative estimate of drug-likeness (QED) is 0.220. The first-order valence-corrected chi connectivity index (χ1v) is 16.1. The van der Waals surface area contributed by atoms with Crippen LogP contribution in [0.1, 0.15) is 55.2 Å². The molecule has 0 saturated carbocycles. The van der Waals surface area contributed by atoms with Crippen molar-refractivity contribution in [3.63, 3.8) is 0 Å². The minimum atomic E-state index is -0.145. The molecule has 0 aliphatic carbocycles. The third-order valence-electron chi connectivity index (χ3n) is 8.56. The van der Waals surface area contributed by atoms with Gasteiger partial charge in [-0.15, -0.1) is 11.3 Å². The molecule has 8 rings (SSSR count). The molecular weight excluding hydrogens is 556 g/mol. The first-order chi connectivity index (χ1) is 21.2. The molecular formula is C33H34N8OS. The van der Waals surface area contributed by atoms with Crippen molar-refractivity contribution in [2.24, 2.45) is 0 Å². The van der Waals surface area contributed by atoms with E-state index in [-0.39, 0.29) is 6.23 Å². The van der Waals surface area contributed by atoms with E-state index in [0.29, 0.717) is 5.82 Å². The van der Waals surface area contributed by atoms with E-state index in [1.165, 1.54) is 29.7 Å². The van der Waals surface area contributed by atoms with E-state index >= 15 is 0 Å². The maximum absolute atomic E-state index is 6.17. The molecule has 6 aromatic heterocycles. The fraction of sp³-hybridized carbons (Fsp3) is 0.364. The first-order valence-electron chi connectivity index (χ1n) is 15.3. The molecule has 0 radical (unpaired) electrons. The zero-order chi connectivity index (χ0) is 28.8. The highest BCUT2D eigenvalue weighted by atomic mass is 32.1. The van der Waals surface area contributed by atoms with E-state index in [9.17, 15) is 0 Å². The number of fused-ring (bicyclic) bond motifs is 2. The van der Waals surface area contributed by atoms with Gasteiger partial charge in [0.15, 0.2) is 17.7 Å². The fourth-order valence-corrected chi connectivity index (χ4v) is 7.24. The molecule has 218 valence electrons. The van der Waals surface area contributed by atoms with Gasteiger partial charge in [-0.1, -0.05) is 6.42 Å². The van der Waals surface area contributed by atoms with Crippen LogP contribution in [0.5, 0.6) is 0 Å². The van der Waals surface area contributed by atoms with E-state index in [1.54, 1.807) is 11.3 Å². The van der Waals surface area contributed by atoms with E-state index in [0.717, 1.165) is 95.0 Å². The molecule has 2 fully saturated rings. The van der Waals surface area contributed by atoms with Gasteiger partial charge in [-0.05, 0) is 88.0 Å². The predicted octanol–water partition coefficient (Wildman–Crippen LogP) is 7.15. The Bertz CT molecular complexity index is 1910. The number of nitrogens with one attached hydrogen (secondary N) is 1. The summed E-state index contributed by atoms with van der Waals surface area (Å²) >= 11 is 1.73. The number of hydrogen-bond donors (Lipinski definition) is 1. The van der Waals surface area contributed by atoms with Crippen LogP contribution in [-0.2, 0) is 11.3 Å². The van der Waals surface area contributed by atoms with Crippen molar-refractivity contribution in [2.45, 2.75) is 58.2 Å². The largest absolute Gasteiger partial charge is 0.356 e. The van der Waals surface area contributed by atoms with Crippen molar-refractivity contribution in [1.82, 2.24) is 39.6 Å². The summed E-state index contributed by atoms with van der Waals surface area (Å²) in [7, 11) is 0. The number of hydrogen-bond acceptors (Lipinski definition) is 8. The summed E-state index contributed by atoms with van der Waals surface area (Å²) in [6.45, 7) is 6.08. The zero-order valence-electron chi connectivity index (χ0n) is 24.3. The van der Waals surface area contributed by atoms with Gasteiger partial charge in [0.25, 0.3) is 0 Å². The van der Waals surface area contributed by atoms with Crippen LogP contribution in [-0.4, -0.2) is 59.3 Å². The Morgan fingerprint density at radius 1 is 0.953 bits per heavy atom. The number of likely N-dealkylation sites (tertiary alicyclic amines) is 1. The number of aromatic nitrogens is 7. The molecule has 0 amide bonds. The fourth-order valence-electron chi connectivity index (χ4n) is 6.37. The molecule has 0 bridgehead atoms. The highest BCUT2D eigenvalue weighted by molar-refractivity contribution is 7.15. The van der Waals surface area contributed by atoms with Crippen LogP contribution in [0.2, 0.25) is 0 Å². The molecule has 0 spiro atoms. The molecule has 2 aliphatic rings. The minimum absolute atomic E-state index is 0.145. The lowest BCUT2D eigenvalue weighted by atomic mass is 10.1. The van der Waals surface area contributed by atoms with Gasteiger partial charge in [0.05, 0.1) is 15.8 Å². The number of aryl methyl sites for hydroxylation is 1. The van der Waals surface area contributed by atoms with E-state index < -0.39 is 0 Å². The number of ether oxygens (including phenoxy) is 1. The summed E-state index contributed by atoms with van der Waals surface area (Å²) in [6, 6.07) is 10.6. The molecule has 1 atom stereocenters. The summed E-state index contributed by atoms with van der Waals surface area (Å²) in [5.74, 6) is 0.702. The third-order valence-corrected chi connectivity index (χ3v) is 9.56. The first kappa shape index (κ1) is 26.6. The molecule has 43 heavy (non-hydrogen) atoms. The zero-order valence-corrected chi connectivity index (χ0v) is 25.1. The minimum Gasteiger partial charge on any atom is -0.356 e. The van der Waals surface area contributed by atoms with Gasteiger partial charge in [0, 0.05) is 53.9 Å². The summed E-state index contributed by atoms with van der Waals surface area (Å²) in [4.78, 5) is 27.8. The molecule has 9 nitrogen and oxygen atoms in total. The predicted molar refractivity (Wildman–Crippen MR) is 170 cm³/mol. The Kier molecular flexibility index (Phi) is 6.97. The number of thiophene rings is 1. The number of piperidine rings is 1. The third kappa shape index (κ3) is 5.13. The smallest absolute Gasteiger partial charge is 0.161 e. The van der Waals surface area contributed by atoms with Crippen LogP contribution in [0.4, 0.5) is 0 Å². The molecule has 1 N–H and O–H groups in total. The summed E-state index contributed by atoms with van der Waals surface area (Å²) in [5, 5.41) is 6.05. The SMILES string of the molecule is Cc1ccc(-c2nccc3[nH]c(-c4nn(C5CCCCO5)c5ncc(-c6cncc(CN7CCCCC7)c6)cc45)nc23)s1. The average Bonchev–Trinajstić information content (AvgIpc) is 3.78. The van der Waals surface area contributed by atoms with Gasteiger partial charge in [0.1, 0.15) is 16.9 Å². The lowest BCUT2D eigenvalue weighted by Gasteiger charge is -2.26. The van der Waals surface area contributed by atoms with Gasteiger partial charge in [-0.3, -0.25) is 14.9 Å². The normalized spacial score (nSPS) is 18.1. The molecule has 0 aromatic carbocycles. The van der Waals surface area contributed by atoms with Crippen LogP contribution < -0.4 is 0 Å². The van der Waals surface area contributed by atoms with Gasteiger partial charge in [-0.2, -0.15) is 5.10 Å². The van der Waals surface area contributed by atoms with E-state index in [2.05, 4.69) is 46.1 Å². The highest BCUT2D eigenvalue weighted by Gasteiger charge is 2.25. The summed E-state index contributed by atoms with van der Waals surface area (Å²) in [5.41, 5.74) is 7.52. The Labute approximate surface area is 254 Å². The molecule has 8 heterocycles. The van der Waals surface area contributed by atoms with E-state index in [1.807, 2.05) is 35.5 Å². The second-order valence-corrected chi connectivity index (χ2v) is 13.0. The van der Waals surface area contributed by atoms with Crippen molar-refractivity contribution in [3.8, 4) is 33.2 Å². The van der Waals surface area contributed by atoms with Crippen molar-refractivity contribution < 1.29 is 4.74 Å². The Morgan fingerprint density at radius 2 is 1.86 bits per heavy atom. The number of aromatic amines is 1. The summed E-state index contributed by atoms with van der Waals surface area (Å²) in [6.07, 6.45) is 14.5. The van der Waals surface area contributed by atoms with Gasteiger partial charge in [0.2, 0.25) is 0 Å². The Balaban J connectivity index is 1.23. The van der Waals surface area contributed by atoms with Gasteiger partial charge in [-0.25, -0.2) is 14.6 Å². The van der Waals surface area contributed by atoms with Crippen molar-refractivity contribution in [3.05, 3.63) is 65.6 Å². The van der Waals surface area contributed by atoms with E-state index in [4.69, 9.17) is 24.8 Å². The standard InChI is InChI=1S/C33H34N8OS/c1-21-8-9-27(43-21)31-30-26(10-11-35-31)37-32(38-30)29-25-16-24(19-36-33(25)41(39-29)28-7-3-6-14-42-28)23-15-22(17-34-18-23)20-40-12-4-2-5-13-40/h8-11,15-19,28H,2-7,12-14,20H2,1H3,(H,37,38). The topological polar surface area (TPSA) is 97.6 Å². The molecule has 6 aromatic rings. The Morgan fingerprint density at radius 3 is 2.70 bits per heavy atom. The second kappa shape index (κ2) is 11.3. The maximum Gasteiger partial charge on any atom is 0.161 e. The molecule has 2 saturated heterocycles. The second-order valence-electron chi connectivity index (χ2n) is 11.7.